The molecule has 5 nitrogen and oxygen atoms in total. The molecule has 18 heavy (non-hydrogen) atoms. The van der Waals surface area contributed by atoms with Gasteiger partial charge in [0.15, 0.2) is 0 Å². The van der Waals surface area contributed by atoms with Crippen LogP contribution in [0, 0.1) is 0 Å². The van der Waals surface area contributed by atoms with E-state index in [-0.39, 0.29) is 11.6 Å². The molecule has 0 aromatic carbocycles. The first-order valence-corrected chi connectivity index (χ1v) is 7.04. The topological polar surface area (TPSA) is 75.0 Å². The predicted octanol–water partition coefficient (Wildman–Crippen LogP) is 0.908. The van der Waals surface area contributed by atoms with Crippen molar-refractivity contribution in [2.75, 3.05) is 13.1 Å². The second-order valence-electron chi connectivity index (χ2n) is 4.79. The number of nitrogens with one attached hydrogen (secondary N) is 1. The molecule has 3 heterocycles. The summed E-state index contributed by atoms with van der Waals surface area (Å²) >= 11 is 1.43. The van der Waals surface area contributed by atoms with Crippen molar-refractivity contribution in [1.29, 1.82) is 0 Å². The van der Waals surface area contributed by atoms with Gasteiger partial charge in [0.25, 0.3) is 5.56 Å². The Balaban J connectivity index is 1.83. The number of fused-ring (bicyclic) bond motifs is 1. The molecule has 1 atom stereocenters. The fourth-order valence-electron chi connectivity index (χ4n) is 2.44. The molecule has 0 bridgehead atoms. The molecule has 2 aromatic heterocycles. The van der Waals surface area contributed by atoms with E-state index >= 15 is 0 Å². The lowest BCUT2D eigenvalue weighted by Crippen LogP contribution is -2.42. The number of aromatic nitrogens is 2. The minimum absolute atomic E-state index is 0.0358. The number of aromatic amines is 1. The number of H-pyrrole nitrogens is 1. The van der Waals surface area contributed by atoms with Crippen LogP contribution < -0.4 is 11.3 Å². The maximum atomic E-state index is 11.8. The average Bonchev–Trinajstić information content (AvgIpc) is 2.77. The van der Waals surface area contributed by atoms with Gasteiger partial charge in [-0.2, -0.15) is 0 Å². The van der Waals surface area contributed by atoms with Crippen molar-refractivity contribution in [2.24, 2.45) is 5.73 Å². The molecule has 0 unspecified atom stereocenters. The van der Waals surface area contributed by atoms with E-state index in [2.05, 4.69) is 14.9 Å². The van der Waals surface area contributed by atoms with E-state index < -0.39 is 0 Å². The van der Waals surface area contributed by atoms with E-state index in [1.807, 2.05) is 11.4 Å². The molecule has 0 aliphatic carbocycles. The zero-order chi connectivity index (χ0) is 12.5. The van der Waals surface area contributed by atoms with Gasteiger partial charge >= 0.3 is 0 Å². The molecule has 3 N–H and O–H groups in total. The number of piperidine rings is 1. The summed E-state index contributed by atoms with van der Waals surface area (Å²) in [5.74, 6) is 0.736. The van der Waals surface area contributed by atoms with Gasteiger partial charge in [0.05, 0.1) is 12.1 Å². The van der Waals surface area contributed by atoms with E-state index in [0.717, 1.165) is 37.3 Å². The second kappa shape index (κ2) is 4.79. The Morgan fingerprint density at radius 1 is 1.61 bits per heavy atom. The molecule has 0 saturated carbocycles. The van der Waals surface area contributed by atoms with Gasteiger partial charge in [-0.3, -0.25) is 9.69 Å². The van der Waals surface area contributed by atoms with Crippen LogP contribution in [0.2, 0.25) is 0 Å². The molecular weight excluding hydrogens is 248 g/mol. The molecule has 0 amide bonds. The Morgan fingerprint density at radius 2 is 2.50 bits per heavy atom. The maximum absolute atomic E-state index is 11.8. The van der Waals surface area contributed by atoms with E-state index in [4.69, 9.17) is 5.73 Å². The SMILES string of the molecule is N[C@@H]1CCCN(Cc2nc3ccsc3c(=O)[nH]2)C1. The molecule has 1 fully saturated rings. The number of nitrogens with zero attached hydrogens (tertiary/aromatic N) is 2. The van der Waals surface area contributed by atoms with Crippen molar-refractivity contribution in [3.05, 3.63) is 27.6 Å². The summed E-state index contributed by atoms with van der Waals surface area (Å²) in [6.07, 6.45) is 2.20. The highest BCUT2D eigenvalue weighted by atomic mass is 32.1. The van der Waals surface area contributed by atoms with Crippen LogP contribution in [0.5, 0.6) is 0 Å². The van der Waals surface area contributed by atoms with Crippen LogP contribution in [0.3, 0.4) is 0 Å². The number of thiophene rings is 1. The Bertz CT molecular complexity index is 605. The quantitative estimate of drug-likeness (QED) is 0.845. The monoisotopic (exact) mass is 264 g/mol. The third kappa shape index (κ3) is 2.31. The van der Waals surface area contributed by atoms with Crippen LogP contribution >= 0.6 is 11.3 Å². The van der Waals surface area contributed by atoms with E-state index in [1.54, 1.807) is 0 Å². The normalized spacial score (nSPS) is 21.5. The zero-order valence-corrected chi connectivity index (χ0v) is 10.9. The summed E-state index contributed by atoms with van der Waals surface area (Å²) in [6, 6.07) is 2.14. The molecule has 6 heteroatoms. The van der Waals surface area contributed by atoms with Crippen LogP contribution in [-0.2, 0) is 6.54 Å². The highest BCUT2D eigenvalue weighted by Crippen LogP contribution is 2.15. The van der Waals surface area contributed by atoms with Crippen LogP contribution in [0.25, 0.3) is 10.2 Å². The highest BCUT2D eigenvalue weighted by molar-refractivity contribution is 7.17. The molecule has 3 rings (SSSR count). The lowest BCUT2D eigenvalue weighted by atomic mass is 10.1. The van der Waals surface area contributed by atoms with Crippen LogP contribution in [0.15, 0.2) is 16.2 Å². The number of nitrogens with two attached hydrogens (primary N) is 1. The molecule has 0 radical (unpaired) electrons. The summed E-state index contributed by atoms with van der Waals surface area (Å²) in [5.41, 5.74) is 6.71. The molecule has 2 aromatic rings. The van der Waals surface area contributed by atoms with Crippen molar-refractivity contribution >= 4 is 21.6 Å². The van der Waals surface area contributed by atoms with Gasteiger partial charge < -0.3 is 10.7 Å². The Kier molecular flexibility index (Phi) is 3.15. The fraction of sp³-hybridized carbons (Fsp3) is 0.500. The molecule has 1 saturated heterocycles. The zero-order valence-electron chi connectivity index (χ0n) is 10.1. The Morgan fingerprint density at radius 3 is 3.33 bits per heavy atom. The van der Waals surface area contributed by atoms with Crippen LogP contribution in [-0.4, -0.2) is 34.0 Å². The second-order valence-corrected chi connectivity index (χ2v) is 5.70. The standard InChI is InChI=1S/C12H16N4OS/c13-8-2-1-4-16(6-8)7-10-14-9-3-5-18-11(9)12(17)15-10/h3,5,8H,1-2,4,6-7,13H2,(H,14,15,17)/t8-/m1/s1. The largest absolute Gasteiger partial charge is 0.327 e. The molecule has 1 aliphatic rings. The smallest absolute Gasteiger partial charge is 0.268 e. The third-order valence-corrected chi connectivity index (χ3v) is 4.18. The fourth-order valence-corrected chi connectivity index (χ4v) is 3.17. The van der Waals surface area contributed by atoms with Gasteiger partial charge in [-0.25, -0.2) is 4.98 Å². The van der Waals surface area contributed by atoms with Crippen LogP contribution in [0.4, 0.5) is 0 Å². The molecule has 1 aliphatic heterocycles. The van der Waals surface area contributed by atoms with E-state index in [0.29, 0.717) is 11.2 Å². The highest BCUT2D eigenvalue weighted by Gasteiger charge is 2.17. The number of hydrogen-bond donors (Lipinski definition) is 2. The average molecular weight is 264 g/mol. The van der Waals surface area contributed by atoms with Gasteiger partial charge in [-0.05, 0) is 30.8 Å². The minimum Gasteiger partial charge on any atom is -0.327 e. The number of hydrogen-bond acceptors (Lipinski definition) is 5. The van der Waals surface area contributed by atoms with Gasteiger partial charge in [-0.1, -0.05) is 0 Å². The number of rotatable bonds is 2. The van der Waals surface area contributed by atoms with Gasteiger partial charge in [0.2, 0.25) is 0 Å². The first kappa shape index (κ1) is 11.8. The third-order valence-electron chi connectivity index (χ3n) is 3.28. The van der Waals surface area contributed by atoms with Crippen molar-refractivity contribution in [2.45, 2.75) is 25.4 Å². The molecule has 0 spiro atoms. The van der Waals surface area contributed by atoms with Gasteiger partial charge in [0, 0.05) is 12.6 Å². The predicted molar refractivity (Wildman–Crippen MR) is 72.7 cm³/mol. The molecular formula is C12H16N4OS. The van der Waals surface area contributed by atoms with Crippen LogP contribution in [0.1, 0.15) is 18.7 Å². The maximum Gasteiger partial charge on any atom is 0.268 e. The first-order valence-electron chi connectivity index (χ1n) is 6.17. The van der Waals surface area contributed by atoms with Crippen molar-refractivity contribution in [1.82, 2.24) is 14.9 Å². The van der Waals surface area contributed by atoms with Gasteiger partial charge in [-0.15, -0.1) is 11.3 Å². The van der Waals surface area contributed by atoms with E-state index in [9.17, 15) is 4.79 Å². The lowest BCUT2D eigenvalue weighted by molar-refractivity contribution is 0.197. The number of likely N-dealkylation sites (tertiary alicyclic amines) is 1. The summed E-state index contributed by atoms with van der Waals surface area (Å²) < 4.78 is 0.703. The summed E-state index contributed by atoms with van der Waals surface area (Å²) in [4.78, 5) is 21.4. The van der Waals surface area contributed by atoms with Gasteiger partial charge in [0.1, 0.15) is 10.5 Å². The Hall–Kier alpha value is -1.24. The lowest BCUT2D eigenvalue weighted by Gasteiger charge is -2.30. The van der Waals surface area contributed by atoms with Crippen molar-refractivity contribution in [3.8, 4) is 0 Å². The van der Waals surface area contributed by atoms with Crippen molar-refractivity contribution in [3.63, 3.8) is 0 Å². The minimum atomic E-state index is -0.0358. The first-order chi connectivity index (χ1) is 8.72. The Labute approximate surface area is 109 Å². The van der Waals surface area contributed by atoms with Crippen molar-refractivity contribution < 1.29 is 0 Å². The molecule has 96 valence electrons. The summed E-state index contributed by atoms with van der Waals surface area (Å²) in [7, 11) is 0. The summed E-state index contributed by atoms with van der Waals surface area (Å²) in [6.45, 7) is 2.58. The summed E-state index contributed by atoms with van der Waals surface area (Å²) in [5, 5.41) is 1.90. The van der Waals surface area contributed by atoms with E-state index in [1.165, 1.54) is 11.3 Å².